The van der Waals surface area contributed by atoms with E-state index in [0.29, 0.717) is 24.5 Å². The number of benzene rings is 1. The third-order valence-corrected chi connectivity index (χ3v) is 3.82. The van der Waals surface area contributed by atoms with Gasteiger partial charge in [0.25, 0.3) is 0 Å². The van der Waals surface area contributed by atoms with Gasteiger partial charge in [0.05, 0.1) is 5.39 Å². The minimum absolute atomic E-state index is 0.285. The largest absolute Gasteiger partial charge is 0.438 e. The van der Waals surface area contributed by atoms with E-state index in [1.54, 1.807) is 0 Å². The van der Waals surface area contributed by atoms with Crippen LogP contribution in [0.25, 0.3) is 22.4 Å². The summed E-state index contributed by atoms with van der Waals surface area (Å²) in [7, 11) is 0. The van der Waals surface area contributed by atoms with Gasteiger partial charge < -0.3 is 9.73 Å². The number of nitrogens with zero attached hydrogens (tertiary/aromatic N) is 3. The topological polar surface area (TPSA) is 112 Å². The van der Waals surface area contributed by atoms with Gasteiger partial charge in [0, 0.05) is 18.5 Å². The summed E-state index contributed by atoms with van der Waals surface area (Å²) in [4.78, 5) is 22.1. The van der Waals surface area contributed by atoms with Gasteiger partial charge >= 0.3 is 5.69 Å². The van der Waals surface area contributed by atoms with Gasteiger partial charge in [0.2, 0.25) is 5.71 Å². The Kier molecular flexibility index (Phi) is 3.99. The van der Waals surface area contributed by atoms with Crippen molar-refractivity contribution in [3.63, 3.8) is 0 Å². The summed E-state index contributed by atoms with van der Waals surface area (Å²) < 4.78 is 5.83. The first-order chi connectivity index (χ1) is 12.3. The highest BCUT2D eigenvalue weighted by atomic mass is 16.3. The average Bonchev–Trinajstić information content (AvgIpc) is 3.26. The number of H-pyrrole nitrogens is 2. The lowest BCUT2D eigenvalue weighted by atomic mass is 10.2. The molecule has 126 valence electrons. The molecule has 3 aromatic heterocycles. The maximum Gasteiger partial charge on any atom is 0.340 e. The van der Waals surface area contributed by atoms with E-state index in [2.05, 4.69) is 30.5 Å². The van der Waals surface area contributed by atoms with Crippen LogP contribution in [0.1, 0.15) is 12.2 Å². The highest BCUT2D eigenvalue weighted by Crippen LogP contribution is 2.29. The van der Waals surface area contributed by atoms with Crippen molar-refractivity contribution in [2.24, 2.45) is 0 Å². The fraction of sp³-hybridized carbons (Fsp3) is 0.176. The Morgan fingerprint density at radius 1 is 1.16 bits per heavy atom. The van der Waals surface area contributed by atoms with E-state index in [1.165, 1.54) is 6.33 Å². The fourth-order valence-electron chi connectivity index (χ4n) is 2.63. The molecule has 0 saturated heterocycles. The summed E-state index contributed by atoms with van der Waals surface area (Å²) in [5, 5.41) is 10.4. The summed E-state index contributed by atoms with van der Waals surface area (Å²) in [6.07, 6.45) is 2.95. The summed E-state index contributed by atoms with van der Waals surface area (Å²) in [6, 6.07) is 11.8. The van der Waals surface area contributed by atoms with Crippen molar-refractivity contribution in [3.05, 3.63) is 59.0 Å². The lowest BCUT2D eigenvalue weighted by Crippen LogP contribution is -2.06. The van der Waals surface area contributed by atoms with E-state index in [0.717, 1.165) is 28.9 Å². The van der Waals surface area contributed by atoms with Gasteiger partial charge in [-0.1, -0.05) is 30.3 Å². The molecule has 8 heteroatoms. The molecular weight excluding hydrogens is 320 g/mol. The second-order valence-electron chi connectivity index (χ2n) is 5.57. The molecule has 0 fully saturated rings. The van der Waals surface area contributed by atoms with Crippen molar-refractivity contribution in [2.75, 3.05) is 11.9 Å². The van der Waals surface area contributed by atoms with Gasteiger partial charge in [-0.2, -0.15) is 5.10 Å². The molecule has 4 aromatic rings. The van der Waals surface area contributed by atoms with Crippen molar-refractivity contribution in [1.29, 1.82) is 0 Å². The molecule has 3 heterocycles. The third-order valence-electron chi connectivity index (χ3n) is 3.82. The van der Waals surface area contributed by atoms with E-state index < -0.39 is 0 Å². The van der Waals surface area contributed by atoms with Crippen LogP contribution in [0.15, 0.2) is 51.9 Å². The van der Waals surface area contributed by atoms with E-state index in [1.807, 2.05) is 36.4 Å². The summed E-state index contributed by atoms with van der Waals surface area (Å²) in [6.45, 7) is 0.687. The molecule has 0 atom stereocenters. The predicted octanol–water partition coefficient (Wildman–Crippen LogP) is 2.35. The number of fused-ring (bicyclic) bond motifs is 1. The average molecular weight is 336 g/mol. The predicted molar refractivity (Wildman–Crippen MR) is 93.3 cm³/mol. The van der Waals surface area contributed by atoms with Crippen LogP contribution in [0.2, 0.25) is 0 Å². The minimum Gasteiger partial charge on any atom is -0.438 e. The molecule has 0 amide bonds. The second-order valence-corrected chi connectivity index (χ2v) is 5.57. The van der Waals surface area contributed by atoms with Gasteiger partial charge in [-0.25, -0.2) is 19.9 Å². The van der Waals surface area contributed by atoms with E-state index >= 15 is 0 Å². The Labute approximate surface area is 142 Å². The van der Waals surface area contributed by atoms with Gasteiger partial charge in [0.1, 0.15) is 23.7 Å². The lowest BCUT2D eigenvalue weighted by molar-refractivity contribution is 0.617. The molecule has 0 bridgehead atoms. The van der Waals surface area contributed by atoms with E-state index in [4.69, 9.17) is 4.42 Å². The van der Waals surface area contributed by atoms with Gasteiger partial charge in [0.15, 0.2) is 0 Å². The van der Waals surface area contributed by atoms with Gasteiger partial charge in [-0.05, 0) is 12.5 Å². The van der Waals surface area contributed by atoms with Crippen molar-refractivity contribution in [3.8, 4) is 11.3 Å². The third kappa shape index (κ3) is 3.27. The number of nitrogens with one attached hydrogen (secondary N) is 3. The first-order valence-corrected chi connectivity index (χ1v) is 7.97. The van der Waals surface area contributed by atoms with Crippen LogP contribution in [-0.2, 0) is 6.42 Å². The fourth-order valence-corrected chi connectivity index (χ4v) is 2.63. The van der Waals surface area contributed by atoms with Crippen molar-refractivity contribution >= 4 is 16.9 Å². The SMILES string of the molecule is O=c1[nH]nc(CCCNc2ncnc3oc(-c4ccccc4)cc23)[nH]1. The quantitative estimate of drug-likeness (QED) is 0.466. The Balaban J connectivity index is 1.48. The molecule has 4 rings (SSSR count). The van der Waals surface area contributed by atoms with Gasteiger partial charge in [-0.3, -0.25) is 4.98 Å². The van der Waals surface area contributed by atoms with Crippen LogP contribution >= 0.6 is 0 Å². The molecule has 3 N–H and O–H groups in total. The number of hydrogen-bond donors (Lipinski definition) is 3. The zero-order valence-electron chi connectivity index (χ0n) is 13.3. The lowest BCUT2D eigenvalue weighted by Gasteiger charge is -2.04. The molecule has 0 radical (unpaired) electrons. The Bertz CT molecular complexity index is 1030. The van der Waals surface area contributed by atoms with Crippen molar-refractivity contribution in [2.45, 2.75) is 12.8 Å². The smallest absolute Gasteiger partial charge is 0.340 e. The molecule has 0 aliphatic rings. The first-order valence-electron chi connectivity index (χ1n) is 7.97. The van der Waals surface area contributed by atoms with Gasteiger partial charge in [-0.15, -0.1) is 0 Å². The number of aromatic nitrogens is 5. The zero-order chi connectivity index (χ0) is 17.1. The van der Waals surface area contributed by atoms with Crippen molar-refractivity contribution < 1.29 is 4.42 Å². The van der Waals surface area contributed by atoms with Crippen LogP contribution in [0.4, 0.5) is 5.82 Å². The monoisotopic (exact) mass is 336 g/mol. The molecule has 0 saturated carbocycles. The maximum atomic E-state index is 11.0. The molecule has 0 aliphatic heterocycles. The van der Waals surface area contributed by atoms with Crippen LogP contribution in [0.3, 0.4) is 0 Å². The Morgan fingerprint density at radius 3 is 2.84 bits per heavy atom. The highest BCUT2D eigenvalue weighted by Gasteiger charge is 2.11. The number of hydrogen-bond acceptors (Lipinski definition) is 6. The number of anilines is 1. The standard InChI is InChI=1S/C17H16N6O2/c24-17-21-14(22-23-17)7-4-8-18-15-12-9-13(11-5-2-1-3-6-11)25-16(12)20-10-19-15/h1-3,5-6,9-10H,4,7-8H2,(H,18,19,20)(H2,21,22,23,24). The summed E-state index contributed by atoms with van der Waals surface area (Å²) in [5.74, 6) is 2.13. The normalized spacial score (nSPS) is 11.0. The Morgan fingerprint density at radius 2 is 2.04 bits per heavy atom. The minimum atomic E-state index is -0.285. The molecular formula is C17H16N6O2. The highest BCUT2D eigenvalue weighted by molar-refractivity contribution is 5.89. The molecule has 0 aliphatic carbocycles. The van der Waals surface area contributed by atoms with Crippen LogP contribution in [0, 0.1) is 0 Å². The first kappa shape index (κ1) is 15.1. The number of rotatable bonds is 6. The molecule has 8 nitrogen and oxygen atoms in total. The summed E-state index contributed by atoms with van der Waals surface area (Å²) >= 11 is 0. The molecule has 0 spiro atoms. The molecule has 1 aromatic carbocycles. The Hall–Kier alpha value is -3.42. The number of aryl methyl sites for hydroxylation is 1. The van der Waals surface area contributed by atoms with Crippen LogP contribution in [0.5, 0.6) is 0 Å². The van der Waals surface area contributed by atoms with Crippen LogP contribution in [-0.4, -0.2) is 31.7 Å². The van der Waals surface area contributed by atoms with Crippen LogP contribution < -0.4 is 11.0 Å². The summed E-state index contributed by atoms with van der Waals surface area (Å²) in [5.41, 5.74) is 1.26. The van der Waals surface area contributed by atoms with Crippen molar-refractivity contribution in [1.82, 2.24) is 25.1 Å². The van der Waals surface area contributed by atoms with E-state index in [-0.39, 0.29) is 5.69 Å². The second kappa shape index (κ2) is 6.60. The number of aromatic amines is 2. The zero-order valence-corrected chi connectivity index (χ0v) is 13.3. The maximum absolute atomic E-state index is 11.0. The molecule has 25 heavy (non-hydrogen) atoms. The molecule has 0 unspecified atom stereocenters. The van der Waals surface area contributed by atoms with E-state index in [9.17, 15) is 4.79 Å². The number of furan rings is 1.